The number of nitrogens with one attached hydrogen (secondary N) is 1. The molecule has 0 bridgehead atoms. The van der Waals surface area contributed by atoms with E-state index in [-0.39, 0.29) is 11.8 Å². The van der Waals surface area contributed by atoms with Crippen LogP contribution in [0.1, 0.15) is 19.8 Å². The van der Waals surface area contributed by atoms with Gasteiger partial charge >= 0.3 is 0 Å². The van der Waals surface area contributed by atoms with Crippen molar-refractivity contribution in [1.29, 1.82) is 0 Å². The van der Waals surface area contributed by atoms with Gasteiger partial charge in [-0.3, -0.25) is 0 Å². The van der Waals surface area contributed by atoms with Gasteiger partial charge in [-0.25, -0.2) is 8.42 Å². The topological polar surface area (TPSA) is 55.4 Å². The van der Waals surface area contributed by atoms with Gasteiger partial charge in [0.05, 0.1) is 11.9 Å². The molecule has 0 saturated heterocycles. The summed E-state index contributed by atoms with van der Waals surface area (Å²) in [6.07, 6.45) is 3.61. The van der Waals surface area contributed by atoms with E-state index in [1.54, 1.807) is 7.11 Å². The van der Waals surface area contributed by atoms with Crippen molar-refractivity contribution in [3.05, 3.63) is 0 Å². The number of methoxy groups -OCH3 is 1. The van der Waals surface area contributed by atoms with Gasteiger partial charge in [-0.15, -0.1) is 0 Å². The Balaban J connectivity index is 2.20. The van der Waals surface area contributed by atoms with E-state index in [1.807, 2.05) is 6.92 Å². The quantitative estimate of drug-likeness (QED) is 0.720. The first kappa shape index (κ1) is 11.9. The molecule has 0 aromatic carbocycles. The molecular weight excluding hydrogens is 202 g/mol. The number of rotatable bonds is 5. The van der Waals surface area contributed by atoms with Crippen molar-refractivity contribution >= 4 is 9.84 Å². The summed E-state index contributed by atoms with van der Waals surface area (Å²) in [4.78, 5) is 0. The monoisotopic (exact) mass is 221 g/mol. The minimum absolute atomic E-state index is 0.0350. The van der Waals surface area contributed by atoms with Crippen LogP contribution in [0.4, 0.5) is 0 Å². The van der Waals surface area contributed by atoms with Gasteiger partial charge in [-0.2, -0.15) is 0 Å². The van der Waals surface area contributed by atoms with Crippen LogP contribution in [0.5, 0.6) is 0 Å². The van der Waals surface area contributed by atoms with Crippen LogP contribution < -0.4 is 5.32 Å². The Morgan fingerprint density at radius 1 is 1.50 bits per heavy atom. The molecule has 1 aliphatic rings. The standard InChI is InChI=1S/C9H19NO3S/c1-7(6-14(3,11)12)10-8-4-9(5-8)13-2/h7-10H,4-6H2,1-3H3. The Hall–Kier alpha value is -0.130. The molecule has 4 nitrogen and oxygen atoms in total. The second-order valence-corrected chi connectivity index (χ2v) is 6.37. The Bertz CT molecular complexity index is 270. The van der Waals surface area contributed by atoms with Crippen molar-refractivity contribution in [3.63, 3.8) is 0 Å². The molecule has 1 saturated carbocycles. The first-order chi connectivity index (χ1) is 6.40. The van der Waals surface area contributed by atoms with Crippen molar-refractivity contribution in [3.8, 4) is 0 Å². The third-order valence-electron chi connectivity index (χ3n) is 2.50. The first-order valence-corrected chi connectivity index (χ1v) is 6.93. The Morgan fingerprint density at radius 3 is 2.50 bits per heavy atom. The Labute approximate surface area is 85.9 Å². The van der Waals surface area contributed by atoms with Crippen LogP contribution in [-0.2, 0) is 14.6 Å². The summed E-state index contributed by atoms with van der Waals surface area (Å²) in [6.45, 7) is 1.90. The van der Waals surface area contributed by atoms with E-state index in [4.69, 9.17) is 4.74 Å². The summed E-state index contributed by atoms with van der Waals surface area (Å²) in [6, 6.07) is 0.463. The molecule has 84 valence electrons. The Kier molecular flexibility index (Phi) is 3.92. The van der Waals surface area contributed by atoms with E-state index >= 15 is 0 Å². The highest BCUT2D eigenvalue weighted by molar-refractivity contribution is 7.90. The first-order valence-electron chi connectivity index (χ1n) is 4.87. The predicted molar refractivity (Wildman–Crippen MR) is 56.1 cm³/mol. The summed E-state index contributed by atoms with van der Waals surface area (Å²) in [7, 11) is -1.16. The molecule has 5 heteroatoms. The van der Waals surface area contributed by atoms with E-state index < -0.39 is 9.84 Å². The van der Waals surface area contributed by atoms with E-state index in [2.05, 4.69) is 5.32 Å². The molecule has 1 N–H and O–H groups in total. The van der Waals surface area contributed by atoms with Crippen molar-refractivity contribution in [1.82, 2.24) is 5.32 Å². The molecule has 0 aromatic heterocycles. The fourth-order valence-corrected chi connectivity index (χ4v) is 2.80. The number of hydrogen-bond donors (Lipinski definition) is 1. The van der Waals surface area contributed by atoms with Gasteiger partial charge < -0.3 is 10.1 Å². The van der Waals surface area contributed by atoms with Crippen molar-refractivity contribution in [2.24, 2.45) is 0 Å². The van der Waals surface area contributed by atoms with Gasteiger partial charge in [0.25, 0.3) is 0 Å². The zero-order chi connectivity index (χ0) is 10.8. The maximum Gasteiger partial charge on any atom is 0.148 e. The lowest BCUT2D eigenvalue weighted by Crippen LogP contribution is -2.49. The highest BCUT2D eigenvalue weighted by Crippen LogP contribution is 2.22. The fraction of sp³-hybridized carbons (Fsp3) is 1.00. The van der Waals surface area contributed by atoms with Crippen LogP contribution in [0.25, 0.3) is 0 Å². The lowest BCUT2D eigenvalue weighted by Gasteiger charge is -2.36. The fourth-order valence-electron chi connectivity index (χ4n) is 1.80. The molecule has 0 radical (unpaired) electrons. The highest BCUT2D eigenvalue weighted by Gasteiger charge is 2.30. The number of sulfone groups is 1. The number of hydrogen-bond acceptors (Lipinski definition) is 4. The maximum atomic E-state index is 11.0. The zero-order valence-electron chi connectivity index (χ0n) is 8.99. The average molecular weight is 221 g/mol. The lowest BCUT2D eigenvalue weighted by molar-refractivity contribution is 0.0155. The molecule has 1 aliphatic carbocycles. The molecule has 1 fully saturated rings. The summed E-state index contributed by atoms with van der Waals surface area (Å²) < 4.78 is 27.1. The smallest absolute Gasteiger partial charge is 0.148 e. The number of ether oxygens (including phenoxy) is 1. The third-order valence-corrected chi connectivity index (χ3v) is 3.61. The molecule has 1 unspecified atom stereocenters. The largest absolute Gasteiger partial charge is 0.381 e. The van der Waals surface area contributed by atoms with Crippen LogP contribution in [0, 0.1) is 0 Å². The van der Waals surface area contributed by atoms with E-state index in [0.717, 1.165) is 12.8 Å². The van der Waals surface area contributed by atoms with Crippen molar-refractivity contribution in [2.75, 3.05) is 19.1 Å². The summed E-state index contributed by atoms with van der Waals surface area (Å²) in [5.41, 5.74) is 0. The van der Waals surface area contributed by atoms with E-state index in [9.17, 15) is 8.42 Å². The van der Waals surface area contributed by atoms with Gasteiger partial charge in [-0.1, -0.05) is 0 Å². The maximum absolute atomic E-state index is 11.0. The van der Waals surface area contributed by atoms with Gasteiger partial charge in [0, 0.05) is 25.4 Å². The summed E-state index contributed by atoms with van der Waals surface area (Å²) in [5.74, 6) is 0.209. The normalized spacial score (nSPS) is 29.6. The summed E-state index contributed by atoms with van der Waals surface area (Å²) in [5, 5.41) is 3.28. The molecule has 1 rings (SSSR count). The van der Waals surface area contributed by atoms with Crippen LogP contribution in [0.15, 0.2) is 0 Å². The van der Waals surface area contributed by atoms with Gasteiger partial charge in [0.15, 0.2) is 0 Å². The van der Waals surface area contributed by atoms with Crippen LogP contribution in [0.2, 0.25) is 0 Å². The zero-order valence-corrected chi connectivity index (χ0v) is 9.80. The summed E-state index contributed by atoms with van der Waals surface area (Å²) >= 11 is 0. The Morgan fingerprint density at radius 2 is 2.07 bits per heavy atom. The minimum Gasteiger partial charge on any atom is -0.381 e. The average Bonchev–Trinajstić information content (AvgIpc) is 1.91. The van der Waals surface area contributed by atoms with E-state index in [1.165, 1.54) is 6.26 Å². The third kappa shape index (κ3) is 3.94. The van der Waals surface area contributed by atoms with Gasteiger partial charge in [0.2, 0.25) is 0 Å². The van der Waals surface area contributed by atoms with Crippen LogP contribution in [0.3, 0.4) is 0 Å². The molecule has 0 spiro atoms. The second-order valence-electron chi connectivity index (χ2n) is 4.19. The second kappa shape index (κ2) is 4.59. The molecule has 0 heterocycles. The van der Waals surface area contributed by atoms with E-state index in [0.29, 0.717) is 12.1 Å². The molecule has 0 aromatic rings. The lowest BCUT2D eigenvalue weighted by atomic mass is 9.89. The molecule has 0 amide bonds. The van der Waals surface area contributed by atoms with Crippen LogP contribution >= 0.6 is 0 Å². The SMILES string of the molecule is COC1CC(NC(C)CS(C)(=O)=O)C1. The molecule has 1 atom stereocenters. The van der Waals surface area contributed by atoms with Crippen molar-refractivity contribution in [2.45, 2.75) is 38.0 Å². The molecule has 0 aliphatic heterocycles. The molecular formula is C9H19NO3S. The van der Waals surface area contributed by atoms with Crippen LogP contribution in [-0.4, -0.2) is 45.7 Å². The van der Waals surface area contributed by atoms with Crippen molar-refractivity contribution < 1.29 is 13.2 Å². The van der Waals surface area contributed by atoms with Gasteiger partial charge in [0.1, 0.15) is 9.84 Å². The minimum atomic E-state index is -2.87. The highest BCUT2D eigenvalue weighted by atomic mass is 32.2. The molecule has 14 heavy (non-hydrogen) atoms. The van der Waals surface area contributed by atoms with Gasteiger partial charge in [-0.05, 0) is 19.8 Å². The predicted octanol–water partition coefficient (Wildman–Crippen LogP) is 0.186.